The summed E-state index contributed by atoms with van der Waals surface area (Å²) in [5.74, 6) is -0.347. The number of ether oxygens (including phenoxy) is 1. The van der Waals surface area contributed by atoms with Gasteiger partial charge in [0.2, 0.25) is 0 Å². The van der Waals surface area contributed by atoms with Gasteiger partial charge in [-0.15, -0.1) is 11.3 Å². The fraction of sp³-hybridized carbons (Fsp3) is 0.391. The summed E-state index contributed by atoms with van der Waals surface area (Å²) in [7, 11) is 1.65. The molecule has 3 aromatic rings. The lowest BCUT2D eigenvalue weighted by Crippen LogP contribution is -2.37. The van der Waals surface area contributed by atoms with Gasteiger partial charge in [0, 0.05) is 24.0 Å². The van der Waals surface area contributed by atoms with E-state index in [0.29, 0.717) is 11.2 Å². The molecule has 1 amide bonds. The molecule has 2 heterocycles. The van der Waals surface area contributed by atoms with E-state index in [9.17, 15) is 14.4 Å². The second kappa shape index (κ2) is 9.01. The highest BCUT2D eigenvalue weighted by Crippen LogP contribution is 2.33. The lowest BCUT2D eigenvalue weighted by Gasteiger charge is -2.21. The molecule has 0 saturated carbocycles. The van der Waals surface area contributed by atoms with Crippen molar-refractivity contribution in [1.29, 1.82) is 0 Å². The Morgan fingerprint density at radius 1 is 1.23 bits per heavy atom. The summed E-state index contributed by atoms with van der Waals surface area (Å²) in [5, 5.41) is 0.703. The van der Waals surface area contributed by atoms with Gasteiger partial charge in [0.1, 0.15) is 10.7 Å². The fourth-order valence-electron chi connectivity index (χ4n) is 3.91. The molecule has 1 aromatic carbocycles. The molecular formula is C23H25N3O4S. The Kier molecular flexibility index (Phi) is 6.18. The van der Waals surface area contributed by atoms with E-state index >= 15 is 0 Å². The van der Waals surface area contributed by atoms with Crippen molar-refractivity contribution in [3.8, 4) is 0 Å². The second-order valence-electron chi connectivity index (χ2n) is 7.77. The minimum atomic E-state index is -0.906. The number of para-hydroxylation sites is 1. The molecule has 1 aliphatic carbocycles. The molecule has 0 bridgehead atoms. The van der Waals surface area contributed by atoms with E-state index in [-0.39, 0.29) is 24.3 Å². The van der Waals surface area contributed by atoms with Crippen LogP contribution in [-0.4, -0.2) is 35.0 Å². The molecule has 1 atom stereocenters. The predicted octanol–water partition coefficient (Wildman–Crippen LogP) is 3.39. The van der Waals surface area contributed by atoms with Crippen LogP contribution in [0.4, 0.5) is 5.69 Å². The number of nitrogens with zero attached hydrogens (tertiary/aromatic N) is 2. The lowest BCUT2D eigenvalue weighted by molar-refractivity contribution is -0.153. The van der Waals surface area contributed by atoms with Crippen LogP contribution in [0.2, 0.25) is 0 Å². The Morgan fingerprint density at radius 3 is 2.74 bits per heavy atom. The van der Waals surface area contributed by atoms with Crippen molar-refractivity contribution in [2.45, 2.75) is 51.6 Å². The first-order valence-corrected chi connectivity index (χ1v) is 11.3. The number of carbonyl (C=O) groups is 2. The summed E-state index contributed by atoms with van der Waals surface area (Å²) < 4.78 is 5.31. The molecule has 1 N–H and O–H groups in total. The quantitative estimate of drug-likeness (QED) is 0.595. The molecule has 7 nitrogen and oxygen atoms in total. The number of esters is 1. The Bertz CT molecular complexity index is 1170. The van der Waals surface area contributed by atoms with Gasteiger partial charge >= 0.3 is 5.97 Å². The van der Waals surface area contributed by atoms with Crippen molar-refractivity contribution in [3.63, 3.8) is 0 Å². The Labute approximate surface area is 184 Å². The molecule has 162 valence electrons. The zero-order chi connectivity index (χ0) is 22.0. The first-order valence-electron chi connectivity index (χ1n) is 10.5. The van der Waals surface area contributed by atoms with Crippen LogP contribution in [0.3, 0.4) is 0 Å². The molecule has 4 rings (SSSR count). The highest BCUT2D eigenvalue weighted by atomic mass is 32.1. The number of anilines is 1. The zero-order valence-electron chi connectivity index (χ0n) is 17.6. The van der Waals surface area contributed by atoms with Gasteiger partial charge in [0.15, 0.2) is 6.10 Å². The number of likely N-dealkylation sites (N-methyl/N-ethyl adjacent to an activating group) is 1. The van der Waals surface area contributed by atoms with Crippen molar-refractivity contribution >= 4 is 39.1 Å². The van der Waals surface area contributed by atoms with Crippen LogP contribution in [0, 0.1) is 0 Å². The summed E-state index contributed by atoms with van der Waals surface area (Å²) >= 11 is 1.58. The topological polar surface area (TPSA) is 92.4 Å². The molecular weight excluding hydrogens is 414 g/mol. The molecule has 0 aliphatic heterocycles. The number of rotatable bonds is 6. The minimum Gasteiger partial charge on any atom is -0.453 e. The Hall–Kier alpha value is -3.00. The van der Waals surface area contributed by atoms with Gasteiger partial charge in [0.25, 0.3) is 11.5 Å². The number of nitrogens with one attached hydrogen (secondary N) is 1. The van der Waals surface area contributed by atoms with E-state index in [1.165, 1.54) is 9.78 Å². The number of thiophene rings is 1. The Morgan fingerprint density at radius 2 is 1.97 bits per heavy atom. The van der Waals surface area contributed by atoms with Crippen LogP contribution in [0.25, 0.3) is 10.2 Å². The van der Waals surface area contributed by atoms with E-state index in [1.54, 1.807) is 25.3 Å². The van der Waals surface area contributed by atoms with Gasteiger partial charge in [-0.2, -0.15) is 0 Å². The number of aromatic nitrogens is 2. The maximum atomic E-state index is 12.6. The second-order valence-corrected chi connectivity index (χ2v) is 8.85. The number of aromatic amines is 1. The van der Waals surface area contributed by atoms with Gasteiger partial charge in [-0.1, -0.05) is 18.2 Å². The van der Waals surface area contributed by atoms with Crippen LogP contribution in [0.5, 0.6) is 0 Å². The minimum absolute atomic E-state index is 0.0339. The van der Waals surface area contributed by atoms with Crippen LogP contribution in [0.1, 0.15) is 42.5 Å². The molecule has 2 aromatic heterocycles. The first kappa shape index (κ1) is 21.2. The molecule has 0 saturated heterocycles. The molecule has 8 heteroatoms. The summed E-state index contributed by atoms with van der Waals surface area (Å²) in [5.41, 5.74) is 1.73. The van der Waals surface area contributed by atoms with Crippen molar-refractivity contribution in [1.82, 2.24) is 9.97 Å². The fourth-order valence-corrected chi connectivity index (χ4v) is 5.19. The third-order valence-corrected chi connectivity index (χ3v) is 6.76. The number of hydrogen-bond acceptors (Lipinski definition) is 6. The number of fused-ring (bicyclic) bond motifs is 3. The van der Waals surface area contributed by atoms with E-state index < -0.39 is 12.1 Å². The largest absolute Gasteiger partial charge is 0.453 e. The number of H-pyrrole nitrogens is 1. The average molecular weight is 440 g/mol. The maximum absolute atomic E-state index is 12.6. The van der Waals surface area contributed by atoms with E-state index in [1.807, 2.05) is 30.3 Å². The monoisotopic (exact) mass is 439 g/mol. The van der Waals surface area contributed by atoms with Gasteiger partial charge in [0.05, 0.1) is 11.8 Å². The lowest BCUT2D eigenvalue weighted by atomic mass is 9.97. The van der Waals surface area contributed by atoms with Crippen molar-refractivity contribution in [2.24, 2.45) is 0 Å². The number of aryl methyl sites for hydroxylation is 3. The molecule has 0 spiro atoms. The molecule has 1 aliphatic rings. The van der Waals surface area contributed by atoms with Gasteiger partial charge in [-0.05, 0) is 50.3 Å². The first-order chi connectivity index (χ1) is 14.9. The Balaban J connectivity index is 1.38. The number of hydrogen-bond donors (Lipinski definition) is 1. The predicted molar refractivity (Wildman–Crippen MR) is 121 cm³/mol. The summed E-state index contributed by atoms with van der Waals surface area (Å²) in [4.78, 5) is 48.3. The molecule has 1 unspecified atom stereocenters. The van der Waals surface area contributed by atoms with Gasteiger partial charge < -0.3 is 14.6 Å². The van der Waals surface area contributed by atoms with Crippen molar-refractivity contribution in [3.05, 3.63) is 57.0 Å². The molecule has 31 heavy (non-hydrogen) atoms. The van der Waals surface area contributed by atoms with Crippen LogP contribution >= 0.6 is 11.3 Å². The van der Waals surface area contributed by atoms with Gasteiger partial charge in [-0.3, -0.25) is 14.4 Å². The number of benzene rings is 1. The summed E-state index contributed by atoms with van der Waals surface area (Å²) in [6.45, 7) is 1.56. The van der Waals surface area contributed by atoms with Crippen LogP contribution in [0.15, 0.2) is 35.1 Å². The smallest absolute Gasteiger partial charge is 0.307 e. The van der Waals surface area contributed by atoms with Crippen molar-refractivity contribution < 1.29 is 14.3 Å². The van der Waals surface area contributed by atoms with Crippen LogP contribution < -0.4 is 10.5 Å². The third-order valence-electron chi connectivity index (χ3n) is 5.57. The normalized spacial score (nSPS) is 14.1. The summed E-state index contributed by atoms with van der Waals surface area (Å²) in [6.07, 6.45) is 3.55. The zero-order valence-corrected chi connectivity index (χ0v) is 18.5. The standard InChI is InChI=1S/C23H25N3O4S/c1-14(23(29)26(2)15-8-4-3-5-9-15)30-19(27)13-12-18-24-21(28)20-16-10-6-7-11-17(16)31-22(20)25-18/h3-5,8-9,14H,6-7,10-13H2,1-2H3,(H,24,25,28). The molecule has 0 fully saturated rings. The van der Waals surface area contributed by atoms with E-state index in [2.05, 4.69) is 9.97 Å². The van der Waals surface area contributed by atoms with Crippen molar-refractivity contribution in [2.75, 3.05) is 11.9 Å². The highest BCUT2D eigenvalue weighted by molar-refractivity contribution is 7.18. The SMILES string of the molecule is CC(OC(=O)CCc1nc2sc3c(c2c(=O)[nH]1)CCCC3)C(=O)N(C)c1ccccc1. The van der Waals surface area contributed by atoms with Gasteiger partial charge in [-0.25, -0.2) is 4.98 Å². The highest BCUT2D eigenvalue weighted by Gasteiger charge is 2.23. The number of amides is 1. The van der Waals surface area contributed by atoms with E-state index in [0.717, 1.165) is 41.8 Å². The molecule has 0 radical (unpaired) electrons. The van der Waals surface area contributed by atoms with Crippen LogP contribution in [-0.2, 0) is 33.6 Å². The average Bonchev–Trinajstić information content (AvgIpc) is 3.16. The summed E-state index contributed by atoms with van der Waals surface area (Å²) in [6, 6.07) is 9.17. The number of carbonyl (C=O) groups excluding carboxylic acids is 2. The maximum Gasteiger partial charge on any atom is 0.307 e. The third kappa shape index (κ3) is 4.54. The van der Waals surface area contributed by atoms with E-state index in [4.69, 9.17) is 4.74 Å².